The molecule has 4 nitrogen and oxygen atoms in total. The number of nitrogen functional groups attached to an aromatic ring is 1. The average molecular weight is 291 g/mol. The molecular weight excluding hydrogens is 276 g/mol. The van der Waals surface area contributed by atoms with Crippen LogP contribution >= 0.6 is 11.6 Å². The van der Waals surface area contributed by atoms with E-state index in [0.29, 0.717) is 5.69 Å². The molecule has 0 unspecified atom stereocenters. The monoisotopic (exact) mass is 290 g/mol. The third-order valence-electron chi connectivity index (χ3n) is 2.96. The lowest BCUT2D eigenvalue weighted by Gasteiger charge is -2.17. The largest absolute Gasteiger partial charge is 0.398 e. The van der Waals surface area contributed by atoms with Crippen molar-refractivity contribution in [2.75, 3.05) is 12.3 Å². The molecular formula is C15H15ClN2O2. The number of nitrogens with one attached hydrogen (secondary N) is 1. The number of aliphatic hydroxyl groups is 1. The van der Waals surface area contributed by atoms with Gasteiger partial charge < -0.3 is 16.2 Å². The number of rotatable bonds is 4. The molecule has 1 atom stereocenters. The number of hydrogen-bond donors (Lipinski definition) is 3. The standard InChI is InChI=1S/C15H15ClN2O2/c16-11-7-4-8-12(17)14(11)15(20)18-13(9-19)10-5-2-1-3-6-10/h1-8,13,19H,9,17H2,(H,18,20)/t13-/m0/s1. The molecule has 104 valence electrons. The Labute approximate surface area is 122 Å². The van der Waals surface area contributed by atoms with Gasteiger partial charge in [-0.05, 0) is 17.7 Å². The summed E-state index contributed by atoms with van der Waals surface area (Å²) in [5.41, 5.74) is 7.12. The quantitative estimate of drug-likeness (QED) is 0.757. The molecule has 0 aromatic heterocycles. The van der Waals surface area contributed by atoms with Gasteiger partial charge in [0.2, 0.25) is 0 Å². The van der Waals surface area contributed by atoms with E-state index in [4.69, 9.17) is 17.3 Å². The summed E-state index contributed by atoms with van der Waals surface area (Å²) in [4.78, 5) is 12.2. The van der Waals surface area contributed by atoms with Crippen molar-refractivity contribution in [3.63, 3.8) is 0 Å². The fraction of sp³-hybridized carbons (Fsp3) is 0.133. The smallest absolute Gasteiger partial charge is 0.255 e. The van der Waals surface area contributed by atoms with Crippen LogP contribution in [-0.4, -0.2) is 17.6 Å². The van der Waals surface area contributed by atoms with Gasteiger partial charge in [0.15, 0.2) is 0 Å². The number of hydrogen-bond acceptors (Lipinski definition) is 3. The number of nitrogens with two attached hydrogens (primary N) is 1. The van der Waals surface area contributed by atoms with Crippen LogP contribution in [0.25, 0.3) is 0 Å². The Bertz CT molecular complexity index is 582. The first kappa shape index (κ1) is 14.4. The summed E-state index contributed by atoms with van der Waals surface area (Å²) in [5.74, 6) is -0.406. The van der Waals surface area contributed by atoms with Gasteiger partial charge in [0.25, 0.3) is 5.91 Å². The highest BCUT2D eigenvalue weighted by Gasteiger charge is 2.18. The number of halogens is 1. The van der Waals surface area contributed by atoms with Crippen molar-refractivity contribution in [3.8, 4) is 0 Å². The van der Waals surface area contributed by atoms with E-state index >= 15 is 0 Å². The van der Waals surface area contributed by atoms with Crippen LogP contribution in [0.4, 0.5) is 5.69 Å². The number of amides is 1. The maximum Gasteiger partial charge on any atom is 0.255 e. The normalized spacial score (nSPS) is 11.9. The predicted octanol–water partition coefficient (Wildman–Crippen LogP) is 2.39. The third-order valence-corrected chi connectivity index (χ3v) is 3.28. The van der Waals surface area contributed by atoms with E-state index in [1.165, 1.54) is 0 Å². The van der Waals surface area contributed by atoms with E-state index in [0.717, 1.165) is 5.56 Å². The van der Waals surface area contributed by atoms with Crippen molar-refractivity contribution in [1.82, 2.24) is 5.32 Å². The van der Waals surface area contributed by atoms with Crippen LogP contribution in [-0.2, 0) is 0 Å². The SMILES string of the molecule is Nc1cccc(Cl)c1C(=O)N[C@@H](CO)c1ccccc1. The summed E-state index contributed by atoms with van der Waals surface area (Å²) < 4.78 is 0. The van der Waals surface area contributed by atoms with Crippen LogP contribution in [0.15, 0.2) is 48.5 Å². The summed E-state index contributed by atoms with van der Waals surface area (Å²) in [7, 11) is 0. The van der Waals surface area contributed by atoms with Crippen molar-refractivity contribution >= 4 is 23.2 Å². The molecule has 0 aliphatic rings. The Morgan fingerprint density at radius 1 is 1.20 bits per heavy atom. The van der Waals surface area contributed by atoms with Crippen LogP contribution in [0, 0.1) is 0 Å². The minimum atomic E-state index is -0.501. The van der Waals surface area contributed by atoms with Gasteiger partial charge in [0.1, 0.15) is 0 Å². The number of anilines is 1. The minimum absolute atomic E-state index is 0.208. The lowest BCUT2D eigenvalue weighted by molar-refractivity contribution is 0.0917. The molecule has 0 saturated carbocycles. The third kappa shape index (κ3) is 3.10. The van der Waals surface area contributed by atoms with Crippen LogP contribution in [0.1, 0.15) is 22.0 Å². The molecule has 5 heteroatoms. The van der Waals surface area contributed by atoms with Crippen molar-refractivity contribution in [2.45, 2.75) is 6.04 Å². The topological polar surface area (TPSA) is 75.4 Å². The van der Waals surface area contributed by atoms with Crippen LogP contribution in [0.3, 0.4) is 0 Å². The Balaban J connectivity index is 2.22. The zero-order valence-electron chi connectivity index (χ0n) is 10.7. The first-order valence-corrected chi connectivity index (χ1v) is 6.52. The summed E-state index contributed by atoms with van der Waals surface area (Å²) >= 11 is 5.99. The molecule has 0 radical (unpaired) electrons. The molecule has 1 amide bonds. The minimum Gasteiger partial charge on any atom is -0.398 e. The van der Waals surface area contributed by atoms with Gasteiger partial charge >= 0.3 is 0 Å². The first-order chi connectivity index (χ1) is 9.63. The predicted molar refractivity (Wildman–Crippen MR) is 79.6 cm³/mol. The second-order valence-electron chi connectivity index (χ2n) is 4.32. The Morgan fingerprint density at radius 3 is 2.50 bits per heavy atom. The van der Waals surface area contributed by atoms with Gasteiger partial charge in [-0.1, -0.05) is 48.0 Å². The summed E-state index contributed by atoms with van der Waals surface area (Å²) in [6.07, 6.45) is 0. The van der Waals surface area contributed by atoms with Gasteiger partial charge in [-0.3, -0.25) is 4.79 Å². The maximum atomic E-state index is 12.2. The molecule has 2 aromatic carbocycles. The lowest BCUT2D eigenvalue weighted by atomic mass is 10.1. The highest BCUT2D eigenvalue weighted by Crippen LogP contribution is 2.23. The van der Waals surface area contributed by atoms with E-state index in [2.05, 4.69) is 5.32 Å². The van der Waals surface area contributed by atoms with Gasteiger partial charge in [-0.2, -0.15) is 0 Å². The van der Waals surface area contributed by atoms with Crippen molar-refractivity contribution in [1.29, 1.82) is 0 Å². The molecule has 0 spiro atoms. The van der Waals surface area contributed by atoms with E-state index in [1.807, 2.05) is 30.3 Å². The summed E-state index contributed by atoms with van der Waals surface area (Å²) in [5, 5.41) is 12.4. The van der Waals surface area contributed by atoms with E-state index in [-0.39, 0.29) is 17.2 Å². The maximum absolute atomic E-state index is 12.2. The lowest BCUT2D eigenvalue weighted by Crippen LogP contribution is -2.31. The molecule has 0 saturated heterocycles. The Kier molecular flexibility index (Phi) is 4.61. The highest BCUT2D eigenvalue weighted by atomic mass is 35.5. The number of carbonyl (C=O) groups excluding carboxylic acids is 1. The number of carbonyl (C=O) groups is 1. The molecule has 0 fully saturated rings. The molecule has 0 aliphatic heterocycles. The van der Waals surface area contributed by atoms with Gasteiger partial charge in [-0.15, -0.1) is 0 Å². The Morgan fingerprint density at radius 2 is 1.90 bits per heavy atom. The molecule has 4 N–H and O–H groups in total. The molecule has 0 aliphatic carbocycles. The van der Waals surface area contributed by atoms with Crippen molar-refractivity contribution in [3.05, 3.63) is 64.7 Å². The van der Waals surface area contributed by atoms with E-state index in [1.54, 1.807) is 18.2 Å². The summed E-state index contributed by atoms with van der Waals surface area (Å²) in [6.45, 7) is -0.208. The second-order valence-corrected chi connectivity index (χ2v) is 4.73. The van der Waals surface area contributed by atoms with Crippen LogP contribution in [0.2, 0.25) is 5.02 Å². The average Bonchev–Trinajstić information content (AvgIpc) is 2.45. The van der Waals surface area contributed by atoms with Gasteiger partial charge in [-0.25, -0.2) is 0 Å². The zero-order valence-corrected chi connectivity index (χ0v) is 11.5. The molecule has 2 aromatic rings. The zero-order chi connectivity index (χ0) is 14.5. The number of aliphatic hydroxyl groups excluding tert-OH is 1. The summed E-state index contributed by atoms with van der Waals surface area (Å²) in [6, 6.07) is 13.6. The van der Waals surface area contributed by atoms with Gasteiger partial charge in [0.05, 0.1) is 23.2 Å². The highest BCUT2D eigenvalue weighted by molar-refractivity contribution is 6.34. The van der Waals surface area contributed by atoms with Crippen LogP contribution in [0.5, 0.6) is 0 Å². The van der Waals surface area contributed by atoms with Gasteiger partial charge in [0, 0.05) is 5.69 Å². The van der Waals surface area contributed by atoms with Crippen molar-refractivity contribution in [2.24, 2.45) is 0 Å². The van der Waals surface area contributed by atoms with Crippen LogP contribution < -0.4 is 11.1 Å². The van der Waals surface area contributed by atoms with Crippen molar-refractivity contribution < 1.29 is 9.90 Å². The molecule has 0 bridgehead atoms. The second kappa shape index (κ2) is 6.41. The fourth-order valence-corrected chi connectivity index (χ4v) is 2.20. The van der Waals surface area contributed by atoms with E-state index in [9.17, 15) is 9.90 Å². The molecule has 20 heavy (non-hydrogen) atoms. The molecule has 2 rings (SSSR count). The Hall–Kier alpha value is -2.04. The van der Waals surface area contributed by atoms with E-state index < -0.39 is 11.9 Å². The molecule has 0 heterocycles. The number of benzene rings is 2. The first-order valence-electron chi connectivity index (χ1n) is 6.14. The fourth-order valence-electron chi connectivity index (χ4n) is 1.93.